The largest absolute Gasteiger partial charge is 0.393 e. The van der Waals surface area contributed by atoms with Gasteiger partial charge in [0.25, 0.3) is 0 Å². The van der Waals surface area contributed by atoms with E-state index < -0.39 is 0 Å². The predicted molar refractivity (Wildman–Crippen MR) is 59.6 cm³/mol. The Hall–Kier alpha value is -0.610. The maximum absolute atomic E-state index is 11.8. The molecule has 88 valence electrons. The summed E-state index contributed by atoms with van der Waals surface area (Å²) in [4.78, 5) is 15.6. The van der Waals surface area contributed by atoms with Gasteiger partial charge in [-0.15, -0.1) is 0 Å². The van der Waals surface area contributed by atoms with Crippen LogP contribution < -0.4 is 0 Å². The molecule has 4 nitrogen and oxygen atoms in total. The molecule has 0 aromatic carbocycles. The molecule has 0 spiro atoms. The molecule has 0 atom stereocenters. The molecule has 0 unspecified atom stereocenters. The average molecular weight is 214 g/mol. The van der Waals surface area contributed by atoms with Crippen LogP contribution >= 0.6 is 0 Å². The molecule has 1 aliphatic heterocycles. The summed E-state index contributed by atoms with van der Waals surface area (Å²) in [5.74, 6) is 0.168. The summed E-state index contributed by atoms with van der Waals surface area (Å²) in [6, 6.07) is 0.257. The van der Waals surface area contributed by atoms with Crippen LogP contribution in [-0.2, 0) is 4.79 Å². The van der Waals surface area contributed by atoms with E-state index in [9.17, 15) is 9.90 Å². The SMILES string of the molecule is CC(C)N(C)C(=O)CN1CCC(O)CC1. The summed E-state index contributed by atoms with van der Waals surface area (Å²) in [6.45, 7) is 6.18. The van der Waals surface area contributed by atoms with Crippen molar-refractivity contribution in [3.8, 4) is 0 Å². The predicted octanol–water partition coefficient (Wildman–Crippen LogP) is 0.310. The Balaban J connectivity index is 2.32. The molecule has 1 heterocycles. The number of hydrogen-bond acceptors (Lipinski definition) is 3. The third-order valence-electron chi connectivity index (χ3n) is 3.08. The number of aliphatic hydroxyl groups excluding tert-OH is 1. The molecule has 1 aliphatic rings. The van der Waals surface area contributed by atoms with Gasteiger partial charge in [-0.1, -0.05) is 0 Å². The van der Waals surface area contributed by atoms with Gasteiger partial charge in [0.05, 0.1) is 12.6 Å². The van der Waals surface area contributed by atoms with Crippen molar-refractivity contribution in [3.63, 3.8) is 0 Å². The molecule has 15 heavy (non-hydrogen) atoms. The first-order chi connectivity index (χ1) is 7.00. The zero-order valence-corrected chi connectivity index (χ0v) is 9.94. The van der Waals surface area contributed by atoms with Gasteiger partial charge in [-0.3, -0.25) is 9.69 Å². The van der Waals surface area contributed by atoms with E-state index in [1.165, 1.54) is 0 Å². The van der Waals surface area contributed by atoms with Crippen molar-refractivity contribution >= 4 is 5.91 Å². The van der Waals surface area contributed by atoms with Gasteiger partial charge in [-0.2, -0.15) is 0 Å². The van der Waals surface area contributed by atoms with Crippen LogP contribution in [0.5, 0.6) is 0 Å². The normalized spacial score (nSPS) is 19.5. The van der Waals surface area contributed by atoms with Crippen molar-refractivity contribution < 1.29 is 9.90 Å². The number of carbonyl (C=O) groups excluding carboxylic acids is 1. The highest BCUT2D eigenvalue weighted by molar-refractivity contribution is 5.78. The minimum absolute atomic E-state index is 0.167. The first-order valence-electron chi connectivity index (χ1n) is 5.66. The number of carbonyl (C=O) groups is 1. The van der Waals surface area contributed by atoms with Gasteiger partial charge in [0.1, 0.15) is 0 Å². The number of amides is 1. The van der Waals surface area contributed by atoms with E-state index in [-0.39, 0.29) is 18.1 Å². The number of rotatable bonds is 3. The topological polar surface area (TPSA) is 43.8 Å². The average Bonchev–Trinajstić information content (AvgIpc) is 2.20. The Morgan fingerprint density at radius 3 is 2.47 bits per heavy atom. The number of nitrogens with zero attached hydrogens (tertiary/aromatic N) is 2. The Bertz CT molecular complexity index is 211. The lowest BCUT2D eigenvalue weighted by Crippen LogP contribution is -2.44. The smallest absolute Gasteiger partial charge is 0.236 e. The first-order valence-corrected chi connectivity index (χ1v) is 5.66. The number of likely N-dealkylation sites (tertiary alicyclic amines) is 1. The molecule has 0 aromatic heterocycles. The van der Waals surface area contributed by atoms with Crippen LogP contribution in [0.3, 0.4) is 0 Å². The van der Waals surface area contributed by atoms with Crippen molar-refractivity contribution in [1.82, 2.24) is 9.80 Å². The Labute approximate surface area is 91.9 Å². The molecule has 1 fully saturated rings. The quantitative estimate of drug-likeness (QED) is 0.735. The molecule has 0 radical (unpaired) electrons. The van der Waals surface area contributed by atoms with E-state index in [0.717, 1.165) is 25.9 Å². The van der Waals surface area contributed by atoms with Crippen molar-refractivity contribution in [2.45, 2.75) is 38.8 Å². The second kappa shape index (κ2) is 5.47. The van der Waals surface area contributed by atoms with Gasteiger partial charge < -0.3 is 10.0 Å². The highest BCUT2D eigenvalue weighted by Gasteiger charge is 2.21. The van der Waals surface area contributed by atoms with Gasteiger partial charge in [-0.25, -0.2) is 0 Å². The summed E-state index contributed by atoms with van der Waals surface area (Å²) >= 11 is 0. The molecule has 0 aromatic rings. The maximum Gasteiger partial charge on any atom is 0.236 e. The molecule has 0 saturated carbocycles. The fraction of sp³-hybridized carbons (Fsp3) is 0.909. The van der Waals surface area contributed by atoms with Crippen LogP contribution in [0.4, 0.5) is 0 Å². The van der Waals surface area contributed by atoms with Crippen molar-refractivity contribution in [2.75, 3.05) is 26.7 Å². The summed E-state index contributed by atoms with van der Waals surface area (Å²) in [6.07, 6.45) is 1.41. The van der Waals surface area contributed by atoms with E-state index in [1.807, 2.05) is 20.9 Å². The second-order valence-corrected chi connectivity index (χ2v) is 4.61. The van der Waals surface area contributed by atoms with Crippen LogP contribution in [-0.4, -0.2) is 59.6 Å². The van der Waals surface area contributed by atoms with Gasteiger partial charge in [-0.05, 0) is 26.7 Å². The number of likely N-dealkylation sites (N-methyl/N-ethyl adjacent to an activating group) is 1. The lowest BCUT2D eigenvalue weighted by Gasteiger charge is -2.31. The third kappa shape index (κ3) is 3.80. The van der Waals surface area contributed by atoms with Crippen LogP contribution in [0.1, 0.15) is 26.7 Å². The maximum atomic E-state index is 11.8. The zero-order chi connectivity index (χ0) is 11.4. The van der Waals surface area contributed by atoms with Crippen molar-refractivity contribution in [3.05, 3.63) is 0 Å². The fourth-order valence-corrected chi connectivity index (χ4v) is 1.67. The van der Waals surface area contributed by atoms with E-state index in [4.69, 9.17) is 0 Å². The molecular formula is C11H22N2O2. The Morgan fingerprint density at radius 2 is 2.00 bits per heavy atom. The standard InChI is InChI=1S/C11H22N2O2/c1-9(2)12(3)11(15)8-13-6-4-10(14)5-7-13/h9-10,14H,4-8H2,1-3H3. The van der Waals surface area contributed by atoms with E-state index >= 15 is 0 Å². The van der Waals surface area contributed by atoms with Gasteiger partial charge >= 0.3 is 0 Å². The molecule has 1 saturated heterocycles. The van der Waals surface area contributed by atoms with Crippen LogP contribution in [0.25, 0.3) is 0 Å². The summed E-state index contributed by atoms with van der Waals surface area (Å²) < 4.78 is 0. The summed E-state index contributed by atoms with van der Waals surface area (Å²) in [5.41, 5.74) is 0. The molecule has 4 heteroatoms. The summed E-state index contributed by atoms with van der Waals surface area (Å²) in [5, 5.41) is 9.34. The van der Waals surface area contributed by atoms with E-state index in [1.54, 1.807) is 4.90 Å². The molecule has 1 N–H and O–H groups in total. The lowest BCUT2D eigenvalue weighted by atomic mass is 10.1. The van der Waals surface area contributed by atoms with Crippen molar-refractivity contribution in [2.24, 2.45) is 0 Å². The fourth-order valence-electron chi connectivity index (χ4n) is 1.67. The molecule has 1 rings (SSSR count). The molecule has 0 bridgehead atoms. The van der Waals surface area contributed by atoms with Crippen LogP contribution in [0, 0.1) is 0 Å². The van der Waals surface area contributed by atoms with Gasteiger partial charge in [0.15, 0.2) is 0 Å². The first kappa shape index (κ1) is 12.5. The zero-order valence-electron chi connectivity index (χ0n) is 9.94. The van der Waals surface area contributed by atoms with Crippen molar-refractivity contribution in [1.29, 1.82) is 0 Å². The molecular weight excluding hydrogens is 192 g/mol. The van der Waals surface area contributed by atoms with E-state index in [0.29, 0.717) is 6.54 Å². The Morgan fingerprint density at radius 1 is 1.47 bits per heavy atom. The van der Waals surface area contributed by atoms with Crippen LogP contribution in [0.15, 0.2) is 0 Å². The highest BCUT2D eigenvalue weighted by Crippen LogP contribution is 2.09. The van der Waals surface area contributed by atoms with Gasteiger partial charge in [0.2, 0.25) is 5.91 Å². The van der Waals surface area contributed by atoms with Crippen LogP contribution in [0.2, 0.25) is 0 Å². The number of aliphatic hydroxyl groups is 1. The third-order valence-corrected chi connectivity index (χ3v) is 3.08. The second-order valence-electron chi connectivity index (χ2n) is 4.61. The number of hydrogen-bond donors (Lipinski definition) is 1. The highest BCUT2D eigenvalue weighted by atomic mass is 16.3. The van der Waals surface area contributed by atoms with E-state index in [2.05, 4.69) is 4.90 Å². The lowest BCUT2D eigenvalue weighted by molar-refractivity contribution is -0.133. The Kier molecular flexibility index (Phi) is 4.54. The monoisotopic (exact) mass is 214 g/mol. The molecule has 0 aliphatic carbocycles. The minimum atomic E-state index is -0.167. The van der Waals surface area contributed by atoms with Gasteiger partial charge in [0, 0.05) is 26.2 Å². The summed E-state index contributed by atoms with van der Waals surface area (Å²) in [7, 11) is 1.84. The number of piperidine rings is 1. The minimum Gasteiger partial charge on any atom is -0.393 e. The molecule has 1 amide bonds.